The minimum absolute atomic E-state index is 0.0157. The fraction of sp³-hybridized carbons (Fsp3) is 0.259. The van der Waals surface area contributed by atoms with E-state index >= 15 is 0 Å². The predicted octanol–water partition coefficient (Wildman–Crippen LogP) is 3.71. The number of hydrogen-bond acceptors (Lipinski definition) is 9. The lowest BCUT2D eigenvalue weighted by Crippen LogP contribution is -2.46. The Morgan fingerprint density at radius 2 is 1.55 bits per heavy atom. The first-order valence-electron chi connectivity index (χ1n) is 11.9. The van der Waals surface area contributed by atoms with E-state index in [1.54, 1.807) is 12.1 Å². The second-order valence-corrected chi connectivity index (χ2v) is 8.43. The van der Waals surface area contributed by atoms with Crippen molar-refractivity contribution < 1.29 is 23.9 Å². The molecule has 1 amide bonds. The zero-order valence-electron chi connectivity index (χ0n) is 21.4. The number of nitro groups is 1. The van der Waals surface area contributed by atoms with E-state index in [2.05, 4.69) is 27.6 Å². The number of benzene rings is 3. The first-order chi connectivity index (χ1) is 18.4. The van der Waals surface area contributed by atoms with Crippen LogP contribution in [0.3, 0.4) is 0 Å². The Hall–Kier alpha value is -4.80. The van der Waals surface area contributed by atoms with Gasteiger partial charge in [0.05, 0.1) is 32.5 Å². The van der Waals surface area contributed by atoms with Gasteiger partial charge in [-0.05, 0) is 30.3 Å². The largest absolute Gasteiger partial charge is 0.493 e. The molecule has 3 aromatic carbocycles. The lowest BCUT2D eigenvalue weighted by Gasteiger charge is -2.37. The number of amides is 1. The number of methoxy groups -OCH3 is 3. The fourth-order valence-electron chi connectivity index (χ4n) is 4.32. The Kier molecular flexibility index (Phi) is 8.27. The van der Waals surface area contributed by atoms with Crippen LogP contribution in [0, 0.1) is 10.1 Å². The summed E-state index contributed by atoms with van der Waals surface area (Å²) in [7, 11) is 4.38. The van der Waals surface area contributed by atoms with E-state index in [1.807, 2.05) is 23.1 Å². The molecule has 1 aliphatic heterocycles. The predicted molar refractivity (Wildman–Crippen MR) is 145 cm³/mol. The number of hydrazone groups is 1. The first-order valence-corrected chi connectivity index (χ1v) is 11.9. The number of hydrogen-bond donors (Lipinski definition) is 1. The van der Waals surface area contributed by atoms with Gasteiger partial charge in [-0.15, -0.1) is 0 Å². The van der Waals surface area contributed by atoms with Gasteiger partial charge in [0.1, 0.15) is 5.69 Å². The molecule has 0 unspecified atom stereocenters. The molecule has 3 aromatic rings. The highest BCUT2D eigenvalue weighted by molar-refractivity contribution is 5.96. The normalized spacial score (nSPS) is 13.3. The quantitative estimate of drug-likeness (QED) is 0.258. The first kappa shape index (κ1) is 26.3. The van der Waals surface area contributed by atoms with E-state index in [9.17, 15) is 14.9 Å². The van der Waals surface area contributed by atoms with Crippen LogP contribution in [0.1, 0.15) is 15.9 Å². The zero-order chi connectivity index (χ0) is 27.1. The molecule has 11 nitrogen and oxygen atoms in total. The molecular formula is C27H29N5O6. The monoisotopic (exact) mass is 519 g/mol. The summed E-state index contributed by atoms with van der Waals surface area (Å²) >= 11 is 0. The number of carbonyl (C=O) groups excluding carboxylic acids is 1. The summed E-state index contributed by atoms with van der Waals surface area (Å²) in [5.74, 6) is 0.514. The van der Waals surface area contributed by atoms with E-state index in [0.717, 1.165) is 18.8 Å². The molecule has 0 aromatic heterocycles. The molecule has 0 bridgehead atoms. The highest BCUT2D eigenvalue weighted by atomic mass is 16.6. The summed E-state index contributed by atoms with van der Waals surface area (Å²) in [6.07, 6.45) is 1.36. The van der Waals surface area contributed by atoms with Gasteiger partial charge in [-0.3, -0.25) is 14.9 Å². The second kappa shape index (κ2) is 12.0. The van der Waals surface area contributed by atoms with Gasteiger partial charge in [-0.2, -0.15) is 5.10 Å². The molecule has 0 saturated carbocycles. The molecule has 0 aliphatic carbocycles. The van der Waals surface area contributed by atoms with Gasteiger partial charge < -0.3 is 24.0 Å². The number of carbonyl (C=O) groups is 1. The molecule has 11 heteroatoms. The molecule has 0 radical (unpaired) electrons. The summed E-state index contributed by atoms with van der Waals surface area (Å²) in [5.41, 5.74) is 4.83. The van der Waals surface area contributed by atoms with Gasteiger partial charge in [0.2, 0.25) is 5.75 Å². The van der Waals surface area contributed by atoms with Crippen molar-refractivity contribution in [3.63, 3.8) is 0 Å². The molecule has 4 rings (SSSR count). The van der Waals surface area contributed by atoms with E-state index in [0.29, 0.717) is 41.6 Å². The van der Waals surface area contributed by atoms with Gasteiger partial charge in [-0.1, -0.05) is 24.3 Å². The number of piperazine rings is 1. The Labute approximate surface area is 220 Å². The summed E-state index contributed by atoms with van der Waals surface area (Å²) in [5, 5.41) is 15.8. The third-order valence-corrected chi connectivity index (χ3v) is 6.24. The highest BCUT2D eigenvalue weighted by Gasteiger charge is 2.24. The van der Waals surface area contributed by atoms with Crippen molar-refractivity contribution >= 4 is 29.2 Å². The number of para-hydroxylation sites is 1. The van der Waals surface area contributed by atoms with E-state index < -0.39 is 10.8 Å². The lowest BCUT2D eigenvalue weighted by molar-refractivity contribution is -0.384. The van der Waals surface area contributed by atoms with Crippen LogP contribution >= 0.6 is 0 Å². The van der Waals surface area contributed by atoms with Crippen molar-refractivity contribution in [1.29, 1.82) is 0 Å². The van der Waals surface area contributed by atoms with Crippen molar-refractivity contribution in [1.82, 2.24) is 5.43 Å². The highest BCUT2D eigenvalue weighted by Crippen LogP contribution is 2.38. The van der Waals surface area contributed by atoms with Crippen molar-refractivity contribution in [3.8, 4) is 17.2 Å². The van der Waals surface area contributed by atoms with Crippen molar-refractivity contribution in [2.75, 3.05) is 57.3 Å². The number of nitrogens with zero attached hydrogens (tertiary/aromatic N) is 4. The molecule has 38 heavy (non-hydrogen) atoms. The molecule has 198 valence electrons. The van der Waals surface area contributed by atoms with Crippen LogP contribution in [0.2, 0.25) is 0 Å². The van der Waals surface area contributed by atoms with Gasteiger partial charge >= 0.3 is 0 Å². The van der Waals surface area contributed by atoms with Crippen LogP contribution in [0.5, 0.6) is 17.2 Å². The average Bonchev–Trinajstić information content (AvgIpc) is 2.96. The Morgan fingerprint density at radius 3 is 2.13 bits per heavy atom. The smallest absolute Gasteiger partial charge is 0.293 e. The number of nitrogens with one attached hydrogen (secondary N) is 1. The molecule has 1 N–H and O–H groups in total. The molecule has 1 fully saturated rings. The fourth-order valence-corrected chi connectivity index (χ4v) is 4.32. The zero-order valence-corrected chi connectivity index (χ0v) is 21.4. The molecule has 0 spiro atoms. The molecule has 1 heterocycles. The third-order valence-electron chi connectivity index (χ3n) is 6.24. The summed E-state index contributed by atoms with van der Waals surface area (Å²) in [4.78, 5) is 28.4. The minimum Gasteiger partial charge on any atom is -0.493 e. The summed E-state index contributed by atoms with van der Waals surface area (Å²) in [6.45, 7) is 2.84. The third kappa shape index (κ3) is 5.77. The summed E-state index contributed by atoms with van der Waals surface area (Å²) in [6, 6.07) is 18.0. The SMILES string of the molecule is COc1cc(C(=O)N/N=C\c2ccc(N3CCN(c4ccccc4)CC3)c([N+](=O)[O-])c2)cc(OC)c1OC. The Balaban J connectivity index is 1.44. The molecule has 0 atom stereocenters. The van der Waals surface area contributed by atoms with Crippen LogP contribution in [0.25, 0.3) is 0 Å². The topological polar surface area (TPSA) is 119 Å². The van der Waals surface area contributed by atoms with Crippen molar-refractivity contribution in [2.24, 2.45) is 5.10 Å². The minimum atomic E-state index is -0.511. The van der Waals surface area contributed by atoms with E-state index in [1.165, 1.54) is 45.7 Å². The number of anilines is 2. The number of ether oxygens (including phenoxy) is 3. The molecular weight excluding hydrogens is 490 g/mol. The maximum absolute atomic E-state index is 12.6. The average molecular weight is 520 g/mol. The molecule has 1 saturated heterocycles. The van der Waals surface area contributed by atoms with Crippen molar-refractivity contribution in [2.45, 2.75) is 0 Å². The van der Waals surface area contributed by atoms with E-state index in [4.69, 9.17) is 14.2 Å². The van der Waals surface area contributed by atoms with Gasteiger partial charge in [0.25, 0.3) is 11.6 Å². The maximum Gasteiger partial charge on any atom is 0.293 e. The number of nitro benzene ring substituents is 1. The lowest BCUT2D eigenvalue weighted by atomic mass is 10.1. The Bertz CT molecular complexity index is 1300. The van der Waals surface area contributed by atoms with Crippen LogP contribution in [-0.2, 0) is 0 Å². The van der Waals surface area contributed by atoms with Crippen LogP contribution in [0.4, 0.5) is 17.1 Å². The van der Waals surface area contributed by atoms with Gasteiger partial charge in [-0.25, -0.2) is 5.43 Å². The maximum atomic E-state index is 12.6. The Morgan fingerprint density at radius 1 is 0.921 bits per heavy atom. The van der Waals surface area contributed by atoms with Crippen LogP contribution in [0.15, 0.2) is 65.8 Å². The van der Waals surface area contributed by atoms with Gasteiger partial charge in [0, 0.05) is 49.1 Å². The molecule has 1 aliphatic rings. The van der Waals surface area contributed by atoms with E-state index in [-0.39, 0.29) is 11.3 Å². The van der Waals surface area contributed by atoms with Crippen molar-refractivity contribution in [3.05, 3.63) is 81.9 Å². The van der Waals surface area contributed by atoms with Gasteiger partial charge in [0.15, 0.2) is 11.5 Å². The standard InChI is InChI=1S/C27H29N5O6/c1-36-24-16-20(17-25(37-2)26(24)38-3)27(33)29-28-18-19-9-10-22(23(15-19)32(34)35)31-13-11-30(12-14-31)21-7-5-4-6-8-21/h4-10,15-18H,11-14H2,1-3H3,(H,29,33)/b28-18-. The van der Waals surface area contributed by atoms with Crippen LogP contribution < -0.4 is 29.4 Å². The summed E-state index contributed by atoms with van der Waals surface area (Å²) < 4.78 is 15.8. The van der Waals surface area contributed by atoms with Crippen LogP contribution in [-0.4, -0.2) is 64.6 Å². The second-order valence-electron chi connectivity index (χ2n) is 8.43. The number of rotatable bonds is 9.